The van der Waals surface area contributed by atoms with Crippen LogP contribution in [0, 0.1) is 0 Å². The maximum Gasteiger partial charge on any atom is 0.232 e. The normalized spacial score (nSPS) is 11.5. The summed E-state index contributed by atoms with van der Waals surface area (Å²) < 4.78 is 30.6. The molecule has 0 aliphatic rings. The number of nitrogens with zero attached hydrogens (tertiary/aromatic N) is 1. The van der Waals surface area contributed by atoms with E-state index in [0.717, 1.165) is 11.8 Å². The first kappa shape index (κ1) is 17.1. The second-order valence-corrected chi connectivity index (χ2v) is 7.82. The van der Waals surface area contributed by atoms with Gasteiger partial charge in [0.1, 0.15) is 11.5 Å². The first-order chi connectivity index (χ1) is 11.8. The van der Waals surface area contributed by atoms with Gasteiger partial charge >= 0.3 is 0 Å². The average Bonchev–Trinajstić information content (AvgIpc) is 2.60. The van der Waals surface area contributed by atoms with Crippen molar-refractivity contribution >= 4 is 26.5 Å². The molecule has 130 valence electrons. The number of phenols is 1. The first-order valence-electron chi connectivity index (χ1n) is 7.66. The van der Waals surface area contributed by atoms with Crippen molar-refractivity contribution in [2.45, 2.75) is 0 Å². The molecule has 0 unspecified atom stereocenters. The van der Waals surface area contributed by atoms with Crippen molar-refractivity contribution in [2.75, 3.05) is 24.7 Å². The Hall–Kier alpha value is -2.73. The van der Waals surface area contributed by atoms with Crippen molar-refractivity contribution in [3.8, 4) is 22.6 Å². The van der Waals surface area contributed by atoms with E-state index in [0.29, 0.717) is 27.8 Å². The van der Waals surface area contributed by atoms with Crippen LogP contribution in [0.3, 0.4) is 0 Å². The Bertz CT molecular complexity index is 1030. The van der Waals surface area contributed by atoms with Gasteiger partial charge in [0, 0.05) is 18.0 Å². The van der Waals surface area contributed by atoms with Crippen molar-refractivity contribution < 1.29 is 18.3 Å². The largest absolute Gasteiger partial charge is 0.507 e. The van der Waals surface area contributed by atoms with Gasteiger partial charge in [0.25, 0.3) is 0 Å². The summed E-state index contributed by atoms with van der Waals surface area (Å²) in [5.41, 5.74) is 1.63. The van der Waals surface area contributed by atoms with Crippen LogP contribution in [0.25, 0.3) is 21.9 Å². The van der Waals surface area contributed by atoms with Gasteiger partial charge in [-0.3, -0.25) is 4.31 Å². The highest BCUT2D eigenvalue weighted by molar-refractivity contribution is 7.92. The molecule has 3 rings (SSSR count). The molecule has 25 heavy (non-hydrogen) atoms. The van der Waals surface area contributed by atoms with Gasteiger partial charge < -0.3 is 9.84 Å². The molecule has 0 aliphatic carbocycles. The smallest absolute Gasteiger partial charge is 0.232 e. The zero-order valence-electron chi connectivity index (χ0n) is 14.2. The molecule has 0 bridgehead atoms. The minimum atomic E-state index is -3.50. The van der Waals surface area contributed by atoms with E-state index in [1.54, 1.807) is 31.4 Å². The number of sulfonamides is 1. The monoisotopic (exact) mass is 357 g/mol. The predicted octanol–water partition coefficient (Wildman–Crippen LogP) is 3.62. The Labute approximate surface area is 147 Å². The molecular weight excluding hydrogens is 338 g/mol. The number of anilines is 1. The van der Waals surface area contributed by atoms with Crippen molar-refractivity contribution in [1.29, 1.82) is 0 Å². The maximum absolute atomic E-state index is 12.1. The van der Waals surface area contributed by atoms with Crippen molar-refractivity contribution in [3.63, 3.8) is 0 Å². The molecule has 6 heteroatoms. The molecule has 0 spiro atoms. The number of rotatable bonds is 4. The van der Waals surface area contributed by atoms with Crippen LogP contribution in [0.5, 0.6) is 11.5 Å². The van der Waals surface area contributed by atoms with Crippen molar-refractivity contribution in [1.82, 2.24) is 0 Å². The second kappa shape index (κ2) is 6.29. The van der Waals surface area contributed by atoms with E-state index in [2.05, 4.69) is 0 Å². The minimum Gasteiger partial charge on any atom is -0.507 e. The number of aromatic hydroxyl groups is 1. The van der Waals surface area contributed by atoms with Gasteiger partial charge in [0.05, 0.1) is 19.1 Å². The zero-order valence-corrected chi connectivity index (χ0v) is 15.0. The highest BCUT2D eigenvalue weighted by Crippen LogP contribution is 2.44. The summed E-state index contributed by atoms with van der Waals surface area (Å²) in [5, 5.41) is 12.2. The van der Waals surface area contributed by atoms with Gasteiger partial charge in [0.2, 0.25) is 10.0 Å². The highest BCUT2D eigenvalue weighted by Gasteiger charge is 2.22. The van der Waals surface area contributed by atoms with Gasteiger partial charge in [-0.25, -0.2) is 8.42 Å². The van der Waals surface area contributed by atoms with Crippen LogP contribution in [0.4, 0.5) is 5.69 Å². The van der Waals surface area contributed by atoms with Crippen LogP contribution in [0.1, 0.15) is 0 Å². The molecule has 0 amide bonds. The van der Waals surface area contributed by atoms with Gasteiger partial charge in [0.15, 0.2) is 0 Å². The molecule has 0 aliphatic heterocycles. The molecule has 3 aromatic carbocycles. The lowest BCUT2D eigenvalue weighted by atomic mass is 9.97. The van der Waals surface area contributed by atoms with Crippen LogP contribution in [0.2, 0.25) is 0 Å². The summed E-state index contributed by atoms with van der Waals surface area (Å²) >= 11 is 0. The standard InChI is InChI=1S/C19H19NO4S/c1-20(25(3,22)23)17-12-14-11-15(24-2)9-10-16(14)19(21)18(17)13-7-5-4-6-8-13/h4-12,21H,1-3H3. The summed E-state index contributed by atoms with van der Waals surface area (Å²) in [6.45, 7) is 0. The third kappa shape index (κ3) is 3.13. The van der Waals surface area contributed by atoms with Crippen LogP contribution >= 0.6 is 0 Å². The Morgan fingerprint density at radius 3 is 2.32 bits per heavy atom. The third-order valence-corrected chi connectivity index (χ3v) is 5.39. The Kier molecular flexibility index (Phi) is 4.30. The Morgan fingerprint density at radius 2 is 1.72 bits per heavy atom. The molecule has 0 fully saturated rings. The van der Waals surface area contributed by atoms with Crippen LogP contribution in [-0.2, 0) is 10.0 Å². The molecule has 5 nitrogen and oxygen atoms in total. The van der Waals surface area contributed by atoms with Gasteiger partial charge in [-0.15, -0.1) is 0 Å². The zero-order chi connectivity index (χ0) is 18.2. The highest BCUT2D eigenvalue weighted by atomic mass is 32.2. The van der Waals surface area contributed by atoms with E-state index in [-0.39, 0.29) is 5.75 Å². The summed E-state index contributed by atoms with van der Waals surface area (Å²) in [6.07, 6.45) is 1.13. The lowest BCUT2D eigenvalue weighted by Crippen LogP contribution is -2.25. The van der Waals surface area contributed by atoms with Crippen molar-refractivity contribution in [3.05, 3.63) is 54.6 Å². The number of hydrogen-bond acceptors (Lipinski definition) is 4. The number of fused-ring (bicyclic) bond motifs is 1. The van der Waals surface area contributed by atoms with E-state index in [1.165, 1.54) is 11.4 Å². The lowest BCUT2D eigenvalue weighted by molar-refractivity contribution is 0.415. The maximum atomic E-state index is 12.1. The fourth-order valence-electron chi connectivity index (χ4n) is 2.79. The average molecular weight is 357 g/mol. The molecule has 0 heterocycles. The van der Waals surface area contributed by atoms with Gasteiger partial charge in [-0.05, 0) is 35.2 Å². The van der Waals surface area contributed by atoms with Crippen molar-refractivity contribution in [2.24, 2.45) is 0 Å². The third-order valence-electron chi connectivity index (χ3n) is 4.20. The number of benzene rings is 3. The van der Waals surface area contributed by atoms with Crippen LogP contribution in [0.15, 0.2) is 54.6 Å². The summed E-state index contributed by atoms with van der Waals surface area (Å²) in [6, 6.07) is 16.3. The number of ether oxygens (including phenoxy) is 1. The van der Waals surface area contributed by atoms with E-state index in [4.69, 9.17) is 4.74 Å². The Morgan fingerprint density at radius 1 is 1.04 bits per heavy atom. The number of methoxy groups -OCH3 is 1. The summed E-state index contributed by atoms with van der Waals surface area (Å²) in [7, 11) is -0.463. The molecule has 1 N–H and O–H groups in total. The van der Waals surface area contributed by atoms with Crippen LogP contribution < -0.4 is 9.04 Å². The molecule has 0 aromatic heterocycles. The van der Waals surface area contributed by atoms with E-state index < -0.39 is 10.0 Å². The number of hydrogen-bond donors (Lipinski definition) is 1. The van der Waals surface area contributed by atoms with Gasteiger partial charge in [-0.2, -0.15) is 0 Å². The lowest BCUT2D eigenvalue weighted by Gasteiger charge is -2.22. The Balaban J connectivity index is 2.40. The van der Waals surface area contributed by atoms with Gasteiger partial charge in [-0.1, -0.05) is 30.3 Å². The van der Waals surface area contributed by atoms with E-state index >= 15 is 0 Å². The van der Waals surface area contributed by atoms with Crippen LogP contribution in [-0.4, -0.2) is 33.9 Å². The molecule has 0 saturated heterocycles. The summed E-state index contributed by atoms with van der Waals surface area (Å²) in [4.78, 5) is 0. The minimum absolute atomic E-state index is 0.0388. The molecule has 0 radical (unpaired) electrons. The fourth-order valence-corrected chi connectivity index (χ4v) is 3.30. The fraction of sp³-hybridized carbons (Fsp3) is 0.158. The molecule has 0 saturated carbocycles. The number of phenolic OH excluding ortho intramolecular Hbond substituents is 1. The first-order valence-corrected chi connectivity index (χ1v) is 9.51. The quantitative estimate of drug-likeness (QED) is 0.774. The molecular formula is C19H19NO4S. The predicted molar refractivity (Wildman–Crippen MR) is 101 cm³/mol. The van der Waals surface area contributed by atoms with E-state index in [1.807, 2.05) is 30.3 Å². The second-order valence-electron chi connectivity index (χ2n) is 5.80. The molecule has 0 atom stereocenters. The SMILES string of the molecule is COc1ccc2c(O)c(-c3ccccc3)c(N(C)S(C)(=O)=O)cc2c1. The van der Waals surface area contributed by atoms with E-state index in [9.17, 15) is 13.5 Å². The molecule has 3 aromatic rings. The topological polar surface area (TPSA) is 66.8 Å². The summed E-state index contributed by atoms with van der Waals surface area (Å²) in [5.74, 6) is 0.671.